The minimum absolute atomic E-state index is 0.343. The van der Waals surface area contributed by atoms with Crippen LogP contribution in [0.1, 0.15) is 30.7 Å². The lowest BCUT2D eigenvalue weighted by Crippen LogP contribution is -2.38. The third-order valence-corrected chi connectivity index (χ3v) is 4.13. The molecule has 20 heavy (non-hydrogen) atoms. The largest absolute Gasteiger partial charge is 0.368 e. The number of nitrogens with two attached hydrogens (primary N) is 1. The number of hydrogen-bond acceptors (Lipinski definition) is 5. The summed E-state index contributed by atoms with van der Waals surface area (Å²) in [6.45, 7) is 3.01. The van der Waals surface area contributed by atoms with Gasteiger partial charge in [0.2, 0.25) is 5.95 Å². The van der Waals surface area contributed by atoms with Gasteiger partial charge in [0.05, 0.1) is 16.6 Å². The fraction of sp³-hybridized carbons (Fsp3) is 0.400. The summed E-state index contributed by atoms with van der Waals surface area (Å²) in [6.07, 6.45) is 7.99. The van der Waals surface area contributed by atoms with Crippen molar-refractivity contribution in [2.75, 3.05) is 17.2 Å². The molecule has 0 bridgehead atoms. The van der Waals surface area contributed by atoms with E-state index in [-0.39, 0.29) is 0 Å². The van der Waals surface area contributed by atoms with Crippen molar-refractivity contribution in [2.24, 2.45) is 0 Å². The van der Waals surface area contributed by atoms with Crippen molar-refractivity contribution < 1.29 is 0 Å². The van der Waals surface area contributed by atoms with Crippen molar-refractivity contribution in [2.45, 2.75) is 32.2 Å². The van der Waals surface area contributed by atoms with Gasteiger partial charge in [0, 0.05) is 18.3 Å². The van der Waals surface area contributed by atoms with Crippen LogP contribution in [0, 0.1) is 6.92 Å². The second-order valence-corrected chi connectivity index (χ2v) is 5.56. The Morgan fingerprint density at radius 1 is 1.25 bits per heavy atom. The molecule has 0 amide bonds. The Morgan fingerprint density at radius 3 is 3.05 bits per heavy atom. The Balaban J connectivity index is 2.07. The first-order valence-electron chi connectivity index (χ1n) is 7.12. The molecule has 2 aromatic heterocycles. The fourth-order valence-electron chi connectivity index (χ4n) is 3.26. The van der Waals surface area contributed by atoms with Gasteiger partial charge in [-0.15, -0.1) is 0 Å². The van der Waals surface area contributed by atoms with Gasteiger partial charge in [-0.3, -0.25) is 4.98 Å². The minimum atomic E-state index is 0.343. The lowest BCUT2D eigenvalue weighted by molar-refractivity contribution is 0.513. The van der Waals surface area contributed by atoms with E-state index in [0.29, 0.717) is 12.0 Å². The molecule has 1 saturated heterocycles. The molecule has 0 aromatic carbocycles. The maximum atomic E-state index is 5.91. The lowest BCUT2D eigenvalue weighted by Gasteiger charge is -2.34. The highest BCUT2D eigenvalue weighted by Gasteiger charge is 2.27. The molecule has 102 valence electrons. The van der Waals surface area contributed by atoms with Crippen LogP contribution >= 0.6 is 0 Å². The molecule has 2 N–H and O–H groups in total. The molecule has 0 radical (unpaired) electrons. The average Bonchev–Trinajstić information content (AvgIpc) is 2.57. The van der Waals surface area contributed by atoms with Gasteiger partial charge in [-0.1, -0.05) is 6.08 Å². The van der Waals surface area contributed by atoms with Crippen LogP contribution in [0.2, 0.25) is 0 Å². The molecule has 4 heterocycles. The zero-order chi connectivity index (χ0) is 13.7. The van der Waals surface area contributed by atoms with E-state index in [4.69, 9.17) is 5.73 Å². The van der Waals surface area contributed by atoms with Crippen molar-refractivity contribution in [1.82, 2.24) is 15.0 Å². The van der Waals surface area contributed by atoms with E-state index in [2.05, 4.69) is 32.0 Å². The molecule has 2 aromatic rings. The van der Waals surface area contributed by atoms with Gasteiger partial charge in [0.15, 0.2) is 0 Å². The van der Waals surface area contributed by atoms with E-state index in [9.17, 15) is 0 Å². The van der Waals surface area contributed by atoms with Gasteiger partial charge < -0.3 is 10.6 Å². The zero-order valence-electron chi connectivity index (χ0n) is 11.5. The summed E-state index contributed by atoms with van der Waals surface area (Å²) < 4.78 is 0. The third-order valence-electron chi connectivity index (χ3n) is 4.13. The predicted octanol–water partition coefficient (Wildman–Crippen LogP) is 2.30. The molecule has 0 saturated carbocycles. The van der Waals surface area contributed by atoms with Crippen molar-refractivity contribution in [3.63, 3.8) is 0 Å². The van der Waals surface area contributed by atoms with Crippen LogP contribution < -0.4 is 10.6 Å². The number of nitrogen functional groups attached to an aromatic ring is 1. The SMILES string of the molecule is Cc1cc2nc(N)nc3c2c(n1)C=CC1CCCCN31. The third kappa shape index (κ3) is 1.66. The molecule has 0 spiro atoms. The van der Waals surface area contributed by atoms with Crippen LogP contribution in [0.5, 0.6) is 0 Å². The number of piperidine rings is 1. The molecule has 1 unspecified atom stereocenters. The van der Waals surface area contributed by atoms with Gasteiger partial charge in [-0.05, 0) is 38.3 Å². The first-order valence-corrected chi connectivity index (χ1v) is 7.12. The van der Waals surface area contributed by atoms with Crippen molar-refractivity contribution in [1.29, 1.82) is 0 Å². The molecule has 4 rings (SSSR count). The summed E-state index contributed by atoms with van der Waals surface area (Å²) >= 11 is 0. The van der Waals surface area contributed by atoms with E-state index < -0.39 is 0 Å². The second kappa shape index (κ2) is 4.16. The molecule has 5 heteroatoms. The second-order valence-electron chi connectivity index (χ2n) is 5.56. The average molecular weight is 267 g/mol. The maximum Gasteiger partial charge on any atom is 0.222 e. The monoisotopic (exact) mass is 267 g/mol. The molecular formula is C15H17N5. The van der Waals surface area contributed by atoms with E-state index in [0.717, 1.165) is 41.1 Å². The smallest absolute Gasteiger partial charge is 0.222 e. The van der Waals surface area contributed by atoms with E-state index in [1.807, 2.05) is 13.0 Å². The van der Waals surface area contributed by atoms with Gasteiger partial charge >= 0.3 is 0 Å². The van der Waals surface area contributed by atoms with E-state index in [1.54, 1.807) is 0 Å². The highest BCUT2D eigenvalue weighted by molar-refractivity contribution is 5.97. The number of rotatable bonds is 0. The van der Waals surface area contributed by atoms with Crippen LogP contribution in [0.15, 0.2) is 12.1 Å². The molecule has 2 aliphatic heterocycles. The number of pyridine rings is 1. The Labute approximate surface area is 117 Å². The number of hydrogen-bond donors (Lipinski definition) is 1. The molecule has 0 aliphatic carbocycles. The van der Waals surface area contributed by atoms with Crippen LogP contribution in [0.25, 0.3) is 17.0 Å². The highest BCUT2D eigenvalue weighted by atomic mass is 15.2. The van der Waals surface area contributed by atoms with Crippen LogP contribution in [-0.4, -0.2) is 27.5 Å². The summed E-state index contributed by atoms with van der Waals surface area (Å²) in [5.41, 5.74) is 8.72. The number of aryl methyl sites for hydroxylation is 1. The Kier molecular flexibility index (Phi) is 2.42. The summed E-state index contributed by atoms with van der Waals surface area (Å²) in [4.78, 5) is 15.9. The standard InChI is InChI=1S/C15H17N5/c1-9-8-12-13-11(17-9)6-5-10-4-2-3-7-20(10)14(13)19-15(16)18-12/h5-6,8,10H,2-4,7H2,1H3,(H2,16,18,19). The van der Waals surface area contributed by atoms with Crippen molar-refractivity contribution in [3.05, 3.63) is 23.5 Å². The molecular weight excluding hydrogens is 250 g/mol. The Bertz CT molecular complexity index is 717. The van der Waals surface area contributed by atoms with Crippen LogP contribution in [-0.2, 0) is 0 Å². The zero-order valence-corrected chi connectivity index (χ0v) is 11.5. The first-order chi connectivity index (χ1) is 9.72. The molecule has 1 atom stereocenters. The van der Waals surface area contributed by atoms with E-state index in [1.165, 1.54) is 12.8 Å². The summed E-state index contributed by atoms with van der Waals surface area (Å²) in [7, 11) is 0. The number of fused-ring (bicyclic) bond motifs is 2. The maximum absolute atomic E-state index is 5.91. The summed E-state index contributed by atoms with van der Waals surface area (Å²) in [6, 6.07) is 2.38. The van der Waals surface area contributed by atoms with Crippen molar-refractivity contribution in [3.8, 4) is 0 Å². The first kappa shape index (κ1) is 11.6. The number of anilines is 2. The van der Waals surface area contributed by atoms with E-state index >= 15 is 0 Å². The topological polar surface area (TPSA) is 67.9 Å². The normalized spacial score (nSPS) is 20.9. The van der Waals surface area contributed by atoms with Crippen molar-refractivity contribution >= 4 is 28.7 Å². The minimum Gasteiger partial charge on any atom is -0.368 e. The fourth-order valence-corrected chi connectivity index (χ4v) is 3.26. The highest BCUT2D eigenvalue weighted by Crippen LogP contribution is 2.35. The molecule has 2 aliphatic rings. The van der Waals surface area contributed by atoms with Crippen LogP contribution in [0.3, 0.4) is 0 Å². The lowest BCUT2D eigenvalue weighted by atomic mass is 10.0. The Morgan fingerprint density at radius 2 is 2.15 bits per heavy atom. The molecule has 5 nitrogen and oxygen atoms in total. The van der Waals surface area contributed by atoms with Gasteiger partial charge in [-0.2, -0.15) is 4.98 Å². The number of aromatic nitrogens is 3. The Hall–Kier alpha value is -2.17. The summed E-state index contributed by atoms with van der Waals surface area (Å²) in [5, 5.41) is 1.03. The van der Waals surface area contributed by atoms with Gasteiger partial charge in [-0.25, -0.2) is 4.98 Å². The number of nitrogens with zero attached hydrogens (tertiary/aromatic N) is 4. The predicted molar refractivity (Wildman–Crippen MR) is 80.5 cm³/mol. The summed E-state index contributed by atoms with van der Waals surface area (Å²) in [5.74, 6) is 1.29. The van der Waals surface area contributed by atoms with Crippen LogP contribution in [0.4, 0.5) is 11.8 Å². The quantitative estimate of drug-likeness (QED) is 0.793. The molecule has 1 fully saturated rings. The van der Waals surface area contributed by atoms with Gasteiger partial charge in [0.25, 0.3) is 0 Å². The van der Waals surface area contributed by atoms with Gasteiger partial charge in [0.1, 0.15) is 5.82 Å².